The third-order valence-corrected chi connectivity index (χ3v) is 18.2. The van der Waals surface area contributed by atoms with E-state index in [2.05, 4.69) is 13.8 Å². The monoisotopic (exact) mass is 1250 g/mol. The second kappa shape index (κ2) is 36.8. The largest absolute Gasteiger partial charge is 0.457 e. The summed E-state index contributed by atoms with van der Waals surface area (Å²) in [5, 5.41) is 91.7. The molecule has 6 saturated heterocycles. The second-order valence-electron chi connectivity index (χ2n) is 25.3. The lowest BCUT2D eigenvalue weighted by atomic mass is 9.95. The third kappa shape index (κ3) is 20.8. The standard InChI is InChI=1S/C63H110O24/c1-10-13-15-16-17-18-21-24-28-32-41(64)81-55-50(73)52(84-59-48(71)45(68)43(66)35(5)75-59)38(8)78-62(55)85-53-39(9)79-63-57(56(53)87-60-49(72)47(70)51(37(7)77-60)83-58(74)34(4)12-3)82-42(65)33-29-25-22-19-20-23-27-31-40(30-26-14-11-2)80-61-54(86-63)46(69)44(67)36(6)76-61/h34-40,43-57,59-63,66-73H,10-33H2,1-9H3/t34-,35-,36+,37-,38-,39-,40+,43-,44-,45+,46-,47-,48+,49+,50+,51-,52-,53-,54+,55+,56+,57+,59-,60-,61-,62-,63-/m0/s1. The second-order valence-corrected chi connectivity index (χ2v) is 25.3. The number of esters is 3. The van der Waals surface area contributed by atoms with Crippen LogP contribution in [-0.2, 0) is 76.0 Å². The Morgan fingerprint density at radius 1 is 0.460 bits per heavy atom. The zero-order valence-corrected chi connectivity index (χ0v) is 53.2. The van der Waals surface area contributed by atoms with Crippen LogP contribution < -0.4 is 0 Å². The van der Waals surface area contributed by atoms with Crippen LogP contribution in [0.4, 0.5) is 0 Å². The Morgan fingerprint density at radius 3 is 1.63 bits per heavy atom. The zero-order valence-electron chi connectivity index (χ0n) is 53.2. The van der Waals surface area contributed by atoms with Gasteiger partial charge >= 0.3 is 17.9 Å². The van der Waals surface area contributed by atoms with Crippen LogP contribution in [0.1, 0.15) is 216 Å². The number of ether oxygens (including phenoxy) is 13. The van der Waals surface area contributed by atoms with Gasteiger partial charge in [0, 0.05) is 12.8 Å². The van der Waals surface area contributed by atoms with Gasteiger partial charge in [0.05, 0.1) is 42.5 Å². The predicted octanol–water partition coefficient (Wildman–Crippen LogP) is 5.33. The number of hydrogen-bond donors (Lipinski definition) is 8. The van der Waals surface area contributed by atoms with Crippen molar-refractivity contribution < 1.29 is 117 Å². The van der Waals surface area contributed by atoms with E-state index in [4.69, 9.17) is 61.6 Å². The smallest absolute Gasteiger partial charge is 0.309 e. The Hall–Kier alpha value is -2.31. The number of carbonyl (C=O) groups excluding carboxylic acids is 3. The van der Waals surface area contributed by atoms with Gasteiger partial charge in [0.15, 0.2) is 49.8 Å². The van der Waals surface area contributed by atoms with Gasteiger partial charge in [0.2, 0.25) is 0 Å². The third-order valence-electron chi connectivity index (χ3n) is 18.2. The molecule has 6 rings (SSSR count). The number of carbonyl (C=O) groups is 3. The van der Waals surface area contributed by atoms with Crippen molar-refractivity contribution in [2.45, 2.75) is 376 Å². The molecule has 0 aromatic rings. The number of unbranched alkanes of at least 4 members (excludes halogenated alkanes) is 10. The van der Waals surface area contributed by atoms with Gasteiger partial charge in [-0.15, -0.1) is 0 Å². The molecule has 506 valence electrons. The van der Waals surface area contributed by atoms with Crippen molar-refractivity contribution in [3.63, 3.8) is 0 Å². The van der Waals surface area contributed by atoms with E-state index in [1.54, 1.807) is 27.7 Å². The van der Waals surface area contributed by atoms with E-state index in [0.717, 1.165) is 89.9 Å². The summed E-state index contributed by atoms with van der Waals surface area (Å²) in [7, 11) is 0. The van der Waals surface area contributed by atoms with E-state index in [0.29, 0.717) is 38.5 Å². The van der Waals surface area contributed by atoms with Gasteiger partial charge in [-0.05, 0) is 66.7 Å². The molecule has 0 bridgehead atoms. The summed E-state index contributed by atoms with van der Waals surface area (Å²) in [6.45, 7) is 15.4. The molecular formula is C63H110O24. The average Bonchev–Trinajstić information content (AvgIpc) is 1.25. The first-order chi connectivity index (χ1) is 41.6. The molecule has 0 spiro atoms. The zero-order chi connectivity index (χ0) is 63.5. The van der Waals surface area contributed by atoms with E-state index >= 15 is 0 Å². The molecule has 6 heterocycles. The van der Waals surface area contributed by atoms with Crippen LogP contribution in [0.3, 0.4) is 0 Å². The lowest BCUT2D eigenvalue weighted by molar-refractivity contribution is -0.402. The van der Waals surface area contributed by atoms with Crippen molar-refractivity contribution >= 4 is 17.9 Å². The Labute approximate surface area is 515 Å². The molecule has 6 fully saturated rings. The number of aliphatic hydroxyl groups excluding tert-OH is 8. The highest BCUT2D eigenvalue weighted by atomic mass is 16.8. The predicted molar refractivity (Wildman–Crippen MR) is 311 cm³/mol. The fourth-order valence-electron chi connectivity index (χ4n) is 12.3. The highest BCUT2D eigenvalue weighted by Crippen LogP contribution is 2.40. The fraction of sp³-hybridized carbons (Fsp3) is 0.952. The van der Waals surface area contributed by atoms with E-state index in [9.17, 15) is 55.2 Å². The number of aliphatic hydroxyl groups is 8. The van der Waals surface area contributed by atoms with Gasteiger partial charge in [-0.1, -0.05) is 137 Å². The molecule has 0 unspecified atom stereocenters. The molecule has 0 aliphatic carbocycles. The van der Waals surface area contributed by atoms with Crippen molar-refractivity contribution in [3.05, 3.63) is 0 Å². The molecular weight excluding hydrogens is 1140 g/mol. The first-order valence-electron chi connectivity index (χ1n) is 33.2. The maximum Gasteiger partial charge on any atom is 0.309 e. The van der Waals surface area contributed by atoms with Gasteiger partial charge in [-0.2, -0.15) is 0 Å². The fourth-order valence-corrected chi connectivity index (χ4v) is 12.3. The van der Waals surface area contributed by atoms with Crippen LogP contribution >= 0.6 is 0 Å². The van der Waals surface area contributed by atoms with Gasteiger partial charge in [-0.3, -0.25) is 14.4 Å². The Morgan fingerprint density at radius 2 is 0.966 bits per heavy atom. The van der Waals surface area contributed by atoms with Gasteiger partial charge < -0.3 is 102 Å². The molecule has 0 aromatic carbocycles. The molecule has 6 aliphatic rings. The van der Waals surface area contributed by atoms with Crippen molar-refractivity contribution in [3.8, 4) is 0 Å². The van der Waals surface area contributed by atoms with Gasteiger partial charge in [-0.25, -0.2) is 0 Å². The van der Waals surface area contributed by atoms with Crippen molar-refractivity contribution in [2.24, 2.45) is 5.92 Å². The van der Waals surface area contributed by atoms with E-state index < -0.39 is 177 Å². The summed E-state index contributed by atoms with van der Waals surface area (Å²) in [5.74, 6) is -2.62. The molecule has 8 N–H and O–H groups in total. The first kappa shape index (κ1) is 73.7. The summed E-state index contributed by atoms with van der Waals surface area (Å²) in [6.07, 6.45) is -19.3. The van der Waals surface area contributed by atoms with Crippen LogP contribution in [0, 0.1) is 5.92 Å². The Balaban J connectivity index is 1.39. The molecule has 24 nitrogen and oxygen atoms in total. The molecule has 6 aliphatic heterocycles. The number of fused-ring (bicyclic) bond motifs is 2. The average molecular weight is 1250 g/mol. The summed E-state index contributed by atoms with van der Waals surface area (Å²) in [4.78, 5) is 41.5. The van der Waals surface area contributed by atoms with Crippen LogP contribution in [0.15, 0.2) is 0 Å². The molecule has 87 heavy (non-hydrogen) atoms. The number of rotatable bonds is 24. The van der Waals surface area contributed by atoms with Gasteiger partial charge in [0.1, 0.15) is 73.2 Å². The minimum absolute atomic E-state index is 0.0515. The maximum atomic E-state index is 14.4. The summed E-state index contributed by atoms with van der Waals surface area (Å²) in [5.41, 5.74) is 0. The molecule has 0 amide bonds. The summed E-state index contributed by atoms with van der Waals surface area (Å²) >= 11 is 0. The van der Waals surface area contributed by atoms with E-state index in [-0.39, 0.29) is 18.9 Å². The van der Waals surface area contributed by atoms with Crippen molar-refractivity contribution in [2.75, 3.05) is 0 Å². The molecule has 27 atom stereocenters. The topological polar surface area (TPSA) is 333 Å². The highest BCUT2D eigenvalue weighted by molar-refractivity contribution is 5.72. The van der Waals surface area contributed by atoms with Crippen LogP contribution in [0.5, 0.6) is 0 Å². The van der Waals surface area contributed by atoms with Crippen molar-refractivity contribution in [1.29, 1.82) is 0 Å². The van der Waals surface area contributed by atoms with E-state index in [1.165, 1.54) is 33.6 Å². The highest BCUT2D eigenvalue weighted by Gasteiger charge is 2.59. The first-order valence-corrected chi connectivity index (χ1v) is 33.2. The quantitative estimate of drug-likeness (QED) is 0.0344. The molecule has 0 saturated carbocycles. The lowest BCUT2D eigenvalue weighted by Crippen LogP contribution is -2.68. The molecule has 0 radical (unpaired) electrons. The summed E-state index contributed by atoms with van der Waals surface area (Å²) in [6, 6.07) is 0. The van der Waals surface area contributed by atoms with Gasteiger partial charge in [0.25, 0.3) is 0 Å². The van der Waals surface area contributed by atoms with Crippen LogP contribution in [-0.4, -0.2) is 218 Å². The van der Waals surface area contributed by atoms with Crippen molar-refractivity contribution in [1.82, 2.24) is 0 Å². The molecule has 24 heteroatoms. The summed E-state index contributed by atoms with van der Waals surface area (Å²) < 4.78 is 82.9. The van der Waals surface area contributed by atoms with Crippen LogP contribution in [0.25, 0.3) is 0 Å². The number of hydrogen-bond acceptors (Lipinski definition) is 24. The maximum absolute atomic E-state index is 14.4. The Bertz CT molecular complexity index is 1990. The normalized spacial score (nSPS) is 41.6. The van der Waals surface area contributed by atoms with E-state index in [1.807, 2.05) is 0 Å². The lowest BCUT2D eigenvalue weighted by Gasteiger charge is -2.51. The minimum Gasteiger partial charge on any atom is -0.457 e. The Kier molecular flexibility index (Phi) is 31.2. The minimum atomic E-state index is -1.93. The SMILES string of the molecule is CCCCCCCCCCCC(=O)O[C@H]1[C@H](O[C@@H]2[C@@H](O[C@@H]3O[C@@H](C)[C@H](OC(=O)[C@@H](C)CC)[C@@H](O)[C@H]3O)[C@H]3OC(=O)CCCCCCCCC[C@@H](CCCCC)O[C@@H]4O[C@H](C)[C@H](O)[C@H](O)[C@H]4O[C@@H]3O[C@H]2C)O[C@@H](C)[C@H](O[C@@H]2O[C@@H](C)[C@H](O)[C@@H](O)[C@H]2O)[C@H]1O. The molecule has 0 aromatic heterocycles. The van der Waals surface area contributed by atoms with Crippen LogP contribution in [0.2, 0.25) is 0 Å².